The smallest absolute Gasteiger partial charge is 0.182 e. The molecule has 4 heteroatoms. The quantitative estimate of drug-likeness (QED) is 0.642. The molecule has 2 aromatic rings. The van der Waals surface area contributed by atoms with Crippen molar-refractivity contribution in [3.63, 3.8) is 0 Å². The van der Waals surface area contributed by atoms with Crippen molar-refractivity contribution >= 4 is 9.84 Å². The van der Waals surface area contributed by atoms with Crippen LogP contribution in [0.25, 0.3) is 0 Å². The van der Waals surface area contributed by atoms with Crippen LogP contribution in [0.5, 0.6) is 5.75 Å². The second-order valence-corrected chi connectivity index (χ2v) is 13.1. The zero-order valence-corrected chi connectivity index (χ0v) is 20.2. The molecule has 0 aromatic heterocycles. The molecule has 0 atom stereocenters. The van der Waals surface area contributed by atoms with Crippen LogP contribution >= 0.6 is 0 Å². The first-order valence-corrected chi connectivity index (χ1v) is 11.8. The van der Waals surface area contributed by atoms with Gasteiger partial charge in [0.25, 0.3) is 0 Å². The highest BCUT2D eigenvalue weighted by Crippen LogP contribution is 2.41. The van der Waals surface area contributed by atoms with Gasteiger partial charge in [0.2, 0.25) is 0 Å². The highest BCUT2D eigenvalue weighted by atomic mass is 32.2. The average Bonchev–Trinajstić information content (AvgIpc) is 2.51. The Morgan fingerprint density at radius 2 is 1.14 bits per heavy atom. The number of benzene rings is 2. The largest absolute Gasteiger partial charge is 0.507 e. The lowest BCUT2D eigenvalue weighted by Crippen LogP contribution is -2.19. The molecule has 0 aliphatic carbocycles. The van der Waals surface area contributed by atoms with Crippen LogP contribution in [-0.4, -0.2) is 13.5 Å². The highest BCUT2D eigenvalue weighted by molar-refractivity contribution is 7.90. The van der Waals surface area contributed by atoms with E-state index in [1.807, 2.05) is 65.8 Å². The minimum Gasteiger partial charge on any atom is -0.507 e. The van der Waals surface area contributed by atoms with Crippen LogP contribution in [-0.2, 0) is 31.8 Å². The molecule has 0 heterocycles. The molecular formula is C25H36O3S. The molecule has 0 saturated carbocycles. The summed E-state index contributed by atoms with van der Waals surface area (Å²) in [5.41, 5.74) is 2.54. The number of aromatic hydroxyl groups is 1. The highest BCUT2D eigenvalue weighted by Gasteiger charge is 2.29. The summed E-state index contributed by atoms with van der Waals surface area (Å²) in [4.78, 5) is 0.269. The molecule has 160 valence electrons. The summed E-state index contributed by atoms with van der Waals surface area (Å²) < 4.78 is 26.5. The van der Waals surface area contributed by atoms with E-state index >= 15 is 0 Å². The van der Waals surface area contributed by atoms with Gasteiger partial charge < -0.3 is 5.11 Å². The van der Waals surface area contributed by atoms with Gasteiger partial charge in [-0.25, -0.2) is 8.42 Å². The third-order valence-corrected chi connectivity index (χ3v) is 6.90. The molecular weight excluding hydrogens is 380 g/mol. The predicted octanol–water partition coefficient (Wildman–Crippen LogP) is 6.26. The normalized spacial score (nSPS) is 13.6. The van der Waals surface area contributed by atoms with Crippen molar-refractivity contribution < 1.29 is 13.5 Å². The summed E-state index contributed by atoms with van der Waals surface area (Å²) in [7, 11) is -3.56. The van der Waals surface area contributed by atoms with E-state index in [4.69, 9.17) is 0 Å². The molecule has 2 aromatic carbocycles. The van der Waals surface area contributed by atoms with Gasteiger partial charge in [-0.15, -0.1) is 0 Å². The minimum absolute atomic E-state index is 0.0254. The van der Waals surface area contributed by atoms with Crippen LogP contribution in [0.3, 0.4) is 0 Å². The number of phenolic OH excluding ortho intramolecular Hbond substituents is 1. The zero-order valence-electron chi connectivity index (χ0n) is 19.3. The van der Waals surface area contributed by atoms with Crippen molar-refractivity contribution in [2.24, 2.45) is 0 Å². The van der Waals surface area contributed by atoms with Gasteiger partial charge in [0.05, 0.1) is 10.6 Å². The molecule has 0 spiro atoms. The minimum atomic E-state index is -3.56. The van der Waals surface area contributed by atoms with E-state index in [0.29, 0.717) is 11.1 Å². The maximum atomic E-state index is 13.3. The summed E-state index contributed by atoms with van der Waals surface area (Å²) in [6.45, 7) is 18.3. The number of hydrogen-bond donors (Lipinski definition) is 1. The molecule has 2 rings (SSSR count). The number of phenols is 1. The van der Waals surface area contributed by atoms with Gasteiger partial charge in [0.1, 0.15) is 5.75 Å². The first kappa shape index (κ1) is 23.5. The second kappa shape index (κ2) is 7.46. The van der Waals surface area contributed by atoms with E-state index in [0.717, 1.165) is 5.56 Å². The molecule has 0 aliphatic heterocycles. The third kappa shape index (κ3) is 5.42. The second-order valence-electron chi connectivity index (χ2n) is 11.1. The van der Waals surface area contributed by atoms with Crippen LogP contribution in [0.2, 0.25) is 0 Å². The van der Waals surface area contributed by atoms with Crippen molar-refractivity contribution in [3.8, 4) is 5.75 Å². The van der Waals surface area contributed by atoms with Gasteiger partial charge in [-0.05, 0) is 39.5 Å². The van der Waals surface area contributed by atoms with Crippen molar-refractivity contribution in [2.75, 3.05) is 0 Å². The van der Waals surface area contributed by atoms with Crippen molar-refractivity contribution in [3.05, 3.63) is 58.7 Å². The summed E-state index contributed by atoms with van der Waals surface area (Å²) in [6, 6.07) is 11.1. The fourth-order valence-corrected chi connectivity index (χ4v) is 4.73. The summed E-state index contributed by atoms with van der Waals surface area (Å²) in [5.74, 6) is 0.133. The van der Waals surface area contributed by atoms with Gasteiger partial charge >= 0.3 is 0 Å². The van der Waals surface area contributed by atoms with Crippen LogP contribution in [0.15, 0.2) is 41.3 Å². The van der Waals surface area contributed by atoms with Gasteiger partial charge in [-0.2, -0.15) is 0 Å². The Bertz CT molecular complexity index is 943. The predicted molar refractivity (Wildman–Crippen MR) is 122 cm³/mol. The number of sulfone groups is 1. The lowest BCUT2D eigenvalue weighted by atomic mass is 9.79. The number of rotatable bonds is 3. The van der Waals surface area contributed by atoms with Gasteiger partial charge in [0, 0.05) is 11.1 Å². The first-order chi connectivity index (χ1) is 12.9. The summed E-state index contributed by atoms with van der Waals surface area (Å²) in [6.07, 6.45) is 0. The monoisotopic (exact) mass is 416 g/mol. The molecule has 0 unspecified atom stereocenters. The molecule has 29 heavy (non-hydrogen) atoms. The Labute approximate surface area is 177 Å². The van der Waals surface area contributed by atoms with Gasteiger partial charge in [-0.3, -0.25) is 0 Å². The van der Waals surface area contributed by atoms with Crippen molar-refractivity contribution in [1.82, 2.24) is 0 Å². The average molecular weight is 417 g/mol. The van der Waals surface area contributed by atoms with E-state index in [1.54, 1.807) is 12.1 Å². The van der Waals surface area contributed by atoms with E-state index in [9.17, 15) is 13.5 Å². The standard InChI is InChI=1S/C25H36O3S/c1-23(2,3)18-12-10-17(11-13-18)16-29(27,28)19-14-20(24(4,5)6)22(26)21(15-19)25(7,8)9/h10-15,26H,16H2,1-9H3. The zero-order chi connectivity index (χ0) is 22.4. The van der Waals surface area contributed by atoms with E-state index in [2.05, 4.69) is 20.8 Å². The molecule has 3 nitrogen and oxygen atoms in total. The molecule has 0 saturated heterocycles. The molecule has 0 radical (unpaired) electrons. The molecule has 1 N–H and O–H groups in total. The maximum Gasteiger partial charge on any atom is 0.182 e. The first-order valence-electron chi connectivity index (χ1n) is 10.1. The Morgan fingerprint density at radius 3 is 1.48 bits per heavy atom. The molecule has 0 bridgehead atoms. The fourth-order valence-electron chi connectivity index (χ4n) is 3.33. The summed E-state index contributed by atoms with van der Waals surface area (Å²) in [5, 5.41) is 10.9. The van der Waals surface area contributed by atoms with Crippen molar-refractivity contribution in [2.45, 2.75) is 89.2 Å². The van der Waals surface area contributed by atoms with Crippen LogP contribution < -0.4 is 0 Å². The van der Waals surface area contributed by atoms with Crippen LogP contribution in [0.1, 0.15) is 84.6 Å². The van der Waals surface area contributed by atoms with Gasteiger partial charge in [0.15, 0.2) is 9.84 Å². The SMILES string of the molecule is CC(C)(C)c1ccc(CS(=O)(=O)c2cc(C(C)(C)C)c(O)c(C(C)(C)C)c2)cc1. The van der Waals surface area contributed by atoms with Crippen LogP contribution in [0.4, 0.5) is 0 Å². The van der Waals surface area contributed by atoms with Crippen molar-refractivity contribution in [1.29, 1.82) is 0 Å². The van der Waals surface area contributed by atoms with Gasteiger partial charge in [-0.1, -0.05) is 86.6 Å². The summed E-state index contributed by atoms with van der Waals surface area (Å²) >= 11 is 0. The lowest BCUT2D eigenvalue weighted by Gasteiger charge is -2.28. The topological polar surface area (TPSA) is 54.4 Å². The Kier molecular flexibility index (Phi) is 6.04. The molecule has 0 aliphatic rings. The lowest BCUT2D eigenvalue weighted by molar-refractivity contribution is 0.422. The molecule has 0 fully saturated rings. The number of hydrogen-bond acceptors (Lipinski definition) is 3. The Balaban J connectivity index is 2.54. The van der Waals surface area contributed by atoms with E-state index in [-0.39, 0.29) is 32.6 Å². The fraction of sp³-hybridized carbons (Fsp3) is 0.520. The van der Waals surface area contributed by atoms with E-state index in [1.165, 1.54) is 5.56 Å². The Morgan fingerprint density at radius 1 is 0.724 bits per heavy atom. The molecule has 0 amide bonds. The Hall–Kier alpha value is -1.81. The van der Waals surface area contributed by atoms with Crippen LogP contribution in [0, 0.1) is 0 Å². The maximum absolute atomic E-state index is 13.3. The van der Waals surface area contributed by atoms with E-state index < -0.39 is 9.84 Å². The third-order valence-electron chi connectivity index (χ3n) is 5.24.